The minimum atomic E-state index is -4.93. The molecule has 1 radical (unpaired) electrons. The molecule has 0 unspecified atom stereocenters. The van der Waals surface area contributed by atoms with Crippen LogP contribution in [0.4, 0.5) is 58.7 Å². The van der Waals surface area contributed by atoms with Crippen molar-refractivity contribution < 1.29 is 71.8 Å². The third-order valence-corrected chi connectivity index (χ3v) is 7.10. The van der Waals surface area contributed by atoms with Crippen LogP contribution in [0.5, 0.6) is 0 Å². The van der Waals surface area contributed by atoms with E-state index in [1.807, 2.05) is 0 Å². The topological polar surface area (TPSA) is 139 Å². The van der Waals surface area contributed by atoms with Gasteiger partial charge in [0, 0.05) is 11.4 Å². The van der Waals surface area contributed by atoms with Crippen LogP contribution in [0.2, 0.25) is 0 Å². The third kappa shape index (κ3) is 13.5. The van der Waals surface area contributed by atoms with E-state index in [-0.39, 0.29) is 26.8 Å². The van der Waals surface area contributed by atoms with E-state index < -0.39 is 47.3 Å². The first-order valence-corrected chi connectivity index (χ1v) is 15.2. The van der Waals surface area contributed by atoms with Crippen molar-refractivity contribution in [2.75, 3.05) is 10.6 Å². The van der Waals surface area contributed by atoms with E-state index >= 15 is 0 Å². The number of fused-ring (bicyclic) bond motifs is 2. The Balaban J connectivity index is 0.000000333. The number of amides is 2. The zero-order valence-electron chi connectivity index (χ0n) is 26.4. The molecule has 2 amide bonds. The number of ketones is 2. The molecule has 0 spiro atoms. The molecule has 2 aliphatic heterocycles. The number of anilines is 2. The summed E-state index contributed by atoms with van der Waals surface area (Å²) in [6, 6.07) is 9.25. The Labute approximate surface area is 295 Å². The molecule has 0 bridgehead atoms. The largest absolute Gasteiger partial charge is 2.00 e. The Morgan fingerprint density at radius 1 is 0.633 bits per heavy atom. The van der Waals surface area contributed by atoms with Crippen molar-refractivity contribution in [3.05, 3.63) is 69.2 Å². The molecule has 49 heavy (non-hydrogen) atoms. The van der Waals surface area contributed by atoms with Crippen molar-refractivity contribution in [2.45, 2.75) is 74.9 Å². The molecule has 2 aliphatic rings. The predicted octanol–water partition coefficient (Wildman–Crippen LogP) is 10.2. The van der Waals surface area contributed by atoms with Gasteiger partial charge in [0.05, 0.1) is 0 Å². The molecule has 2 N–H and O–H groups in total. The first kappa shape index (κ1) is 41.4. The summed E-state index contributed by atoms with van der Waals surface area (Å²) in [6.07, 6.45) is -10.3. The molecule has 0 aromatic heterocycles. The molecule has 2 aromatic carbocycles. The molecule has 0 saturated heterocycles. The quantitative estimate of drug-likeness (QED) is 0.231. The Morgan fingerprint density at radius 3 is 1.24 bits per heavy atom. The summed E-state index contributed by atoms with van der Waals surface area (Å²) in [7, 11) is 0. The van der Waals surface area contributed by atoms with Gasteiger partial charge < -0.3 is 20.1 Å². The second-order valence-corrected chi connectivity index (χ2v) is 13.9. The number of carbonyl (C=O) groups is 4. The molecule has 0 atom stereocenters. The summed E-state index contributed by atoms with van der Waals surface area (Å²) in [6.45, 7) is 10.3. The van der Waals surface area contributed by atoms with Crippen molar-refractivity contribution in [3.8, 4) is 0 Å². The molecule has 267 valence electrons. The Hall–Kier alpha value is -3.81. The van der Waals surface area contributed by atoms with Gasteiger partial charge in [-0.1, -0.05) is 22.2 Å². The molecule has 0 saturated carbocycles. The van der Waals surface area contributed by atoms with Crippen LogP contribution in [0.3, 0.4) is 0 Å². The van der Waals surface area contributed by atoms with Gasteiger partial charge in [0.25, 0.3) is 11.6 Å². The van der Waals surface area contributed by atoms with E-state index in [0.717, 1.165) is 23.5 Å². The fraction of sp³-hybridized carbons (Fsp3) is 0.333. The number of carbonyl (C=O) groups excluding carboxylic acids is 4. The molecule has 10 nitrogen and oxygen atoms in total. The van der Waals surface area contributed by atoms with Crippen LogP contribution in [0.15, 0.2) is 68.4 Å². The van der Waals surface area contributed by atoms with Crippen molar-refractivity contribution in [3.63, 3.8) is 0 Å². The van der Waals surface area contributed by atoms with Gasteiger partial charge in [0.1, 0.15) is 11.2 Å². The summed E-state index contributed by atoms with van der Waals surface area (Å²) in [5, 5.41) is 12.8. The van der Waals surface area contributed by atoms with Crippen LogP contribution < -0.4 is 10.6 Å². The van der Waals surface area contributed by atoms with Gasteiger partial charge in [0.15, 0.2) is 0 Å². The molecular formula is C30H28CoF6N4O6S2. The molecular weight excluding hydrogens is 749 g/mol. The standard InChI is InChI=1S/2C15H15F3N2O3S.Co/c2*1-14(2,3)23-13(22)19-8-4-5-9-10(6-8)24-12(20-9)7-11(21)15(16,17)18;/h2*4-7H,1-3H3,(H2,19,20,21,22);/q;;+2/p-2. The first-order valence-electron chi connectivity index (χ1n) is 13.6. The minimum Gasteiger partial charge on any atom is -0.651 e. The number of nitrogens with one attached hydrogen (secondary N) is 2. The Morgan fingerprint density at radius 2 is 0.959 bits per heavy atom. The minimum absolute atomic E-state index is 0. The predicted molar refractivity (Wildman–Crippen MR) is 169 cm³/mol. The number of hydrogen-bond donors (Lipinski definition) is 2. The summed E-state index contributed by atoms with van der Waals surface area (Å²) in [4.78, 5) is 46.4. The average molecular weight is 778 g/mol. The SMILES string of the molecule is CC(C)(C)OC(=O)Nc1ccc2c(c1)S/C(=C/C(=O)C(F)(F)F)[N-]2.CC(C)(C)OC(=O)Nc1ccc2c(c1)S/C(=C/C(=O)C(F)(F)F)[N-]2.[Co+2]. The van der Waals surface area contributed by atoms with Crippen molar-refractivity contribution in [2.24, 2.45) is 0 Å². The second-order valence-electron chi connectivity index (χ2n) is 11.7. The van der Waals surface area contributed by atoms with Gasteiger partial charge in [-0.05, 0) is 87.8 Å². The van der Waals surface area contributed by atoms with Crippen LogP contribution in [-0.2, 0) is 35.8 Å². The molecule has 2 heterocycles. The van der Waals surface area contributed by atoms with Crippen LogP contribution in [-0.4, -0.2) is 47.3 Å². The van der Waals surface area contributed by atoms with Crippen molar-refractivity contribution >= 4 is 70.0 Å². The van der Waals surface area contributed by atoms with Crippen molar-refractivity contribution in [1.29, 1.82) is 0 Å². The van der Waals surface area contributed by atoms with Gasteiger partial charge in [-0.15, -0.1) is 34.9 Å². The fourth-order valence-electron chi connectivity index (χ4n) is 3.39. The number of thioether (sulfide) groups is 2. The van der Waals surface area contributed by atoms with E-state index in [1.54, 1.807) is 65.8 Å². The molecule has 19 heteroatoms. The molecule has 0 aliphatic carbocycles. The third-order valence-electron chi connectivity index (χ3n) is 5.17. The number of benzene rings is 2. The monoisotopic (exact) mass is 777 g/mol. The van der Waals surface area contributed by atoms with Gasteiger partial charge in [-0.3, -0.25) is 20.2 Å². The first-order chi connectivity index (χ1) is 21.9. The Kier molecular flexibility index (Phi) is 13.3. The van der Waals surface area contributed by atoms with E-state index in [4.69, 9.17) is 9.47 Å². The van der Waals surface area contributed by atoms with E-state index in [1.165, 1.54) is 12.1 Å². The molecule has 4 rings (SSSR count). The van der Waals surface area contributed by atoms with E-state index in [9.17, 15) is 45.5 Å². The molecule has 0 fully saturated rings. The smallest absolute Gasteiger partial charge is 0.651 e. The van der Waals surface area contributed by atoms with Gasteiger partial charge in [-0.2, -0.15) is 26.3 Å². The maximum absolute atomic E-state index is 12.3. The van der Waals surface area contributed by atoms with Crippen LogP contribution in [0, 0.1) is 0 Å². The van der Waals surface area contributed by atoms with Crippen LogP contribution in [0.25, 0.3) is 10.6 Å². The number of halogens is 6. The number of rotatable bonds is 4. The summed E-state index contributed by atoms with van der Waals surface area (Å²) >= 11 is 1.83. The average Bonchev–Trinajstić information content (AvgIpc) is 3.47. The van der Waals surface area contributed by atoms with Gasteiger partial charge in [0.2, 0.25) is 0 Å². The zero-order valence-corrected chi connectivity index (χ0v) is 29.1. The normalized spacial score (nSPS) is 15.3. The van der Waals surface area contributed by atoms with Crippen molar-refractivity contribution in [1.82, 2.24) is 0 Å². The van der Waals surface area contributed by atoms with E-state index in [0.29, 0.717) is 44.7 Å². The summed E-state index contributed by atoms with van der Waals surface area (Å²) < 4.78 is 83.8. The number of ether oxygens (including phenoxy) is 2. The summed E-state index contributed by atoms with van der Waals surface area (Å²) in [5.41, 5.74) is 0.368. The summed E-state index contributed by atoms with van der Waals surface area (Å²) in [5.74, 6) is -3.93. The van der Waals surface area contributed by atoms with Crippen LogP contribution >= 0.6 is 23.5 Å². The van der Waals surface area contributed by atoms with E-state index in [2.05, 4.69) is 21.3 Å². The number of allylic oxidation sites excluding steroid dienone is 2. The fourth-order valence-corrected chi connectivity index (χ4v) is 5.27. The van der Waals surface area contributed by atoms with Gasteiger partial charge in [-0.25, -0.2) is 9.59 Å². The second kappa shape index (κ2) is 15.8. The zero-order chi connectivity index (χ0) is 36.2. The van der Waals surface area contributed by atoms with Crippen LogP contribution in [0.1, 0.15) is 41.5 Å². The Bertz CT molecular complexity index is 1550. The number of nitrogens with zero attached hydrogens (tertiary/aromatic N) is 2. The van der Waals surface area contributed by atoms with Gasteiger partial charge >= 0.3 is 41.3 Å². The maximum atomic E-state index is 12.3. The number of hydrogen-bond acceptors (Lipinski definition) is 8. The maximum Gasteiger partial charge on any atom is 2.00 e. The molecule has 2 aromatic rings. The number of alkyl halides is 6.